The molecule has 14 heteroatoms. The summed E-state index contributed by atoms with van der Waals surface area (Å²) < 4.78 is 5.44. The predicted octanol–water partition coefficient (Wildman–Crippen LogP) is 3.22. The molecule has 0 saturated heterocycles. The van der Waals surface area contributed by atoms with E-state index in [-0.39, 0.29) is 37.1 Å². The van der Waals surface area contributed by atoms with Crippen LogP contribution in [0.25, 0.3) is 0 Å². The lowest BCUT2D eigenvalue weighted by molar-refractivity contribution is -0.131. The number of pyridine rings is 1. The van der Waals surface area contributed by atoms with Crippen LogP contribution < -0.4 is 26.6 Å². The number of imidazole rings is 1. The number of aromatic nitrogens is 3. The van der Waals surface area contributed by atoms with Gasteiger partial charge in [-0.2, -0.15) is 0 Å². The molecule has 3 aromatic rings. The summed E-state index contributed by atoms with van der Waals surface area (Å²) in [5.74, 6) is -0.986. The number of benzene rings is 1. The van der Waals surface area contributed by atoms with Crippen molar-refractivity contribution in [3.05, 3.63) is 84.2 Å². The SMILES string of the molecule is CC(C)CC(NC(=O)[C@H](Cc1cnc[nH]1)NC(=O)[C@H](Cc1ccccc1)NC(=O)OC(C)(C)C)C(O)CN[C@@H](CC(C)C)C(=O)NCCc1ccccn1. The monoisotopic (exact) mass is 748 g/mol. The maximum Gasteiger partial charge on any atom is 0.408 e. The van der Waals surface area contributed by atoms with Crippen LogP contribution in [0.5, 0.6) is 0 Å². The van der Waals surface area contributed by atoms with Crippen LogP contribution >= 0.6 is 0 Å². The molecule has 14 nitrogen and oxygen atoms in total. The Morgan fingerprint density at radius 3 is 2.09 bits per heavy atom. The fourth-order valence-electron chi connectivity index (χ4n) is 5.85. The number of nitrogens with one attached hydrogen (secondary N) is 6. The van der Waals surface area contributed by atoms with Gasteiger partial charge in [-0.1, -0.05) is 64.1 Å². The summed E-state index contributed by atoms with van der Waals surface area (Å²) in [7, 11) is 0. The number of nitrogens with zero attached hydrogens (tertiary/aromatic N) is 2. The second kappa shape index (κ2) is 21.8. The molecule has 7 N–H and O–H groups in total. The van der Waals surface area contributed by atoms with E-state index < -0.39 is 53.8 Å². The third-order valence-corrected chi connectivity index (χ3v) is 8.42. The Morgan fingerprint density at radius 1 is 0.815 bits per heavy atom. The van der Waals surface area contributed by atoms with Gasteiger partial charge in [0.1, 0.15) is 17.7 Å². The number of rotatable bonds is 21. The Balaban J connectivity index is 1.74. The van der Waals surface area contributed by atoms with Crippen LogP contribution in [0.3, 0.4) is 0 Å². The minimum atomic E-state index is -1.09. The van der Waals surface area contributed by atoms with E-state index in [4.69, 9.17) is 4.74 Å². The summed E-state index contributed by atoms with van der Waals surface area (Å²) in [6, 6.07) is 11.4. The molecule has 296 valence electrons. The Hall–Kier alpha value is -4.82. The molecule has 5 atom stereocenters. The summed E-state index contributed by atoms with van der Waals surface area (Å²) in [6.45, 7) is 13.7. The summed E-state index contributed by atoms with van der Waals surface area (Å²) in [4.78, 5) is 65.3. The van der Waals surface area contributed by atoms with Crippen molar-refractivity contribution >= 4 is 23.8 Å². The second-order valence-electron chi connectivity index (χ2n) is 15.5. The number of carbonyl (C=O) groups excluding carboxylic acids is 4. The first-order valence-electron chi connectivity index (χ1n) is 18.8. The molecule has 2 heterocycles. The summed E-state index contributed by atoms with van der Waals surface area (Å²) >= 11 is 0. The number of amides is 4. The van der Waals surface area contributed by atoms with Crippen LogP contribution in [0.2, 0.25) is 0 Å². The molecule has 2 unspecified atom stereocenters. The number of H-pyrrole nitrogens is 1. The third-order valence-electron chi connectivity index (χ3n) is 8.42. The van der Waals surface area contributed by atoms with Crippen LogP contribution in [0, 0.1) is 11.8 Å². The molecule has 0 aliphatic heterocycles. The largest absolute Gasteiger partial charge is 0.444 e. The maximum absolute atomic E-state index is 14.0. The van der Waals surface area contributed by atoms with Gasteiger partial charge in [0.2, 0.25) is 17.7 Å². The van der Waals surface area contributed by atoms with Crippen molar-refractivity contribution in [2.24, 2.45) is 11.8 Å². The first-order valence-corrected chi connectivity index (χ1v) is 18.8. The molecule has 4 amide bonds. The topological polar surface area (TPSA) is 199 Å². The van der Waals surface area contributed by atoms with Gasteiger partial charge in [-0.15, -0.1) is 0 Å². The van der Waals surface area contributed by atoms with Gasteiger partial charge < -0.3 is 41.4 Å². The van der Waals surface area contributed by atoms with Crippen molar-refractivity contribution in [1.82, 2.24) is 41.5 Å². The lowest BCUT2D eigenvalue weighted by atomic mass is 9.97. The van der Waals surface area contributed by atoms with Crippen molar-refractivity contribution < 1.29 is 29.0 Å². The van der Waals surface area contributed by atoms with Gasteiger partial charge in [-0.05, 0) is 63.1 Å². The van der Waals surface area contributed by atoms with Crippen molar-refractivity contribution in [3.63, 3.8) is 0 Å². The van der Waals surface area contributed by atoms with Gasteiger partial charge in [0.15, 0.2) is 0 Å². The van der Waals surface area contributed by atoms with Gasteiger partial charge in [0.05, 0.1) is 24.5 Å². The highest BCUT2D eigenvalue weighted by molar-refractivity contribution is 5.91. The number of aliphatic hydroxyl groups excluding tert-OH is 1. The van der Waals surface area contributed by atoms with Crippen molar-refractivity contribution in [2.45, 2.75) is 116 Å². The zero-order valence-electron chi connectivity index (χ0n) is 32.7. The number of alkyl carbamates (subject to hydrolysis) is 1. The van der Waals surface area contributed by atoms with E-state index in [0.717, 1.165) is 11.3 Å². The Kier molecular flexibility index (Phi) is 17.6. The molecule has 0 fully saturated rings. The Labute approximate surface area is 319 Å². The molecule has 0 radical (unpaired) electrons. The highest BCUT2D eigenvalue weighted by Gasteiger charge is 2.32. The average Bonchev–Trinajstić information content (AvgIpc) is 3.62. The first-order chi connectivity index (χ1) is 25.6. The number of aromatic amines is 1. The highest BCUT2D eigenvalue weighted by Crippen LogP contribution is 2.13. The number of aliphatic hydroxyl groups is 1. The summed E-state index contributed by atoms with van der Waals surface area (Å²) in [6.07, 6.45) is 4.72. The molecule has 54 heavy (non-hydrogen) atoms. The van der Waals surface area contributed by atoms with Crippen molar-refractivity contribution in [1.29, 1.82) is 0 Å². The maximum atomic E-state index is 14.0. The molecule has 1 aromatic carbocycles. The molecular weight excluding hydrogens is 688 g/mol. The van der Waals surface area contributed by atoms with E-state index >= 15 is 0 Å². The van der Waals surface area contributed by atoms with Crippen LogP contribution in [0.4, 0.5) is 4.79 Å². The number of ether oxygens (including phenoxy) is 1. The fraction of sp³-hybridized carbons (Fsp3) is 0.550. The van der Waals surface area contributed by atoms with Crippen LogP contribution in [0.1, 0.15) is 78.3 Å². The van der Waals surface area contributed by atoms with E-state index in [1.165, 1.54) is 6.33 Å². The van der Waals surface area contributed by atoms with Gasteiger partial charge in [-0.25, -0.2) is 9.78 Å². The van der Waals surface area contributed by atoms with Crippen molar-refractivity contribution in [2.75, 3.05) is 13.1 Å². The fourth-order valence-corrected chi connectivity index (χ4v) is 5.85. The van der Waals surface area contributed by atoms with E-state index in [0.29, 0.717) is 31.5 Å². The lowest BCUT2D eigenvalue weighted by Crippen LogP contribution is -2.58. The molecule has 0 saturated carbocycles. The summed E-state index contributed by atoms with van der Waals surface area (Å²) in [5, 5.41) is 26.2. The molecule has 3 rings (SSSR count). The normalized spacial score (nSPS) is 14.4. The number of hydrogen-bond acceptors (Lipinski definition) is 9. The number of carbonyl (C=O) groups is 4. The Bertz CT molecular complexity index is 1560. The summed E-state index contributed by atoms with van der Waals surface area (Å²) in [5.41, 5.74) is 1.49. The zero-order valence-corrected chi connectivity index (χ0v) is 32.7. The molecule has 0 aliphatic rings. The standard InChI is InChI=1S/C40H60N8O6/c1-26(2)19-31(35(49)24-44-32(20-27(3)4)36(50)43-18-16-29-15-11-12-17-42-29)46-38(52)34(22-30-23-41-25-45-30)47-37(51)33(21-28-13-9-8-10-14-28)48-39(53)54-40(5,6)7/h8-15,17,23,25-27,31-35,44,49H,16,18-22,24H2,1-7H3,(H,41,45)(H,43,50)(H,46,52)(H,47,51)(H,48,53)/t31?,32-,33-,34-,35?/m0/s1. The van der Waals surface area contributed by atoms with E-state index in [1.807, 2.05) is 76.2 Å². The van der Waals surface area contributed by atoms with E-state index in [9.17, 15) is 24.3 Å². The quantitative estimate of drug-likeness (QED) is 0.0855. The predicted molar refractivity (Wildman–Crippen MR) is 207 cm³/mol. The van der Waals surface area contributed by atoms with Crippen LogP contribution in [-0.2, 0) is 38.4 Å². The van der Waals surface area contributed by atoms with Crippen LogP contribution in [-0.4, -0.2) is 92.8 Å². The molecule has 0 bridgehead atoms. The van der Waals surface area contributed by atoms with Gasteiger partial charge >= 0.3 is 6.09 Å². The van der Waals surface area contributed by atoms with E-state index in [2.05, 4.69) is 41.5 Å². The average molecular weight is 749 g/mol. The zero-order chi connectivity index (χ0) is 39.7. The first kappa shape index (κ1) is 43.6. The third kappa shape index (κ3) is 16.5. The molecule has 0 spiro atoms. The lowest BCUT2D eigenvalue weighted by Gasteiger charge is -2.30. The van der Waals surface area contributed by atoms with Crippen LogP contribution in [0.15, 0.2) is 67.3 Å². The van der Waals surface area contributed by atoms with Gasteiger partial charge in [0, 0.05) is 56.1 Å². The highest BCUT2D eigenvalue weighted by atomic mass is 16.6. The number of hydrogen-bond donors (Lipinski definition) is 7. The minimum Gasteiger partial charge on any atom is -0.444 e. The van der Waals surface area contributed by atoms with Gasteiger partial charge in [0.25, 0.3) is 0 Å². The van der Waals surface area contributed by atoms with E-state index in [1.54, 1.807) is 33.2 Å². The molecule has 0 aliphatic carbocycles. The smallest absolute Gasteiger partial charge is 0.408 e. The van der Waals surface area contributed by atoms with Gasteiger partial charge in [-0.3, -0.25) is 19.4 Å². The van der Waals surface area contributed by atoms with Crippen molar-refractivity contribution in [3.8, 4) is 0 Å². The molecule has 2 aromatic heterocycles. The second-order valence-corrected chi connectivity index (χ2v) is 15.5. The molecular formula is C40H60N8O6. The minimum absolute atomic E-state index is 0.0409. The Morgan fingerprint density at radius 2 is 1.48 bits per heavy atom.